The molecule has 120 valence electrons. The van der Waals surface area contributed by atoms with Crippen molar-refractivity contribution < 1.29 is 18.7 Å². The van der Waals surface area contributed by atoms with E-state index >= 15 is 0 Å². The van der Waals surface area contributed by atoms with Crippen LogP contribution in [0.1, 0.15) is 38.9 Å². The van der Waals surface area contributed by atoms with Crippen LogP contribution in [0, 0.1) is 11.6 Å². The number of halogens is 2. The van der Waals surface area contributed by atoms with E-state index in [1.165, 1.54) is 12.1 Å². The van der Waals surface area contributed by atoms with Gasteiger partial charge in [-0.1, -0.05) is 30.7 Å². The van der Waals surface area contributed by atoms with Crippen molar-refractivity contribution in [3.8, 4) is 0 Å². The van der Waals surface area contributed by atoms with Crippen LogP contribution in [0.3, 0.4) is 0 Å². The SMILES string of the molecule is CC=C(C=CC(=O)NC(C)C(O)c1ccc(F)c(F)c1)CC. The molecular weight excluding hydrogens is 288 g/mol. The minimum atomic E-state index is -1.13. The van der Waals surface area contributed by atoms with Crippen molar-refractivity contribution >= 4 is 5.91 Å². The number of rotatable bonds is 6. The van der Waals surface area contributed by atoms with E-state index in [2.05, 4.69) is 5.32 Å². The first-order valence-corrected chi connectivity index (χ1v) is 7.15. The van der Waals surface area contributed by atoms with E-state index in [0.717, 1.165) is 24.1 Å². The second-order valence-electron chi connectivity index (χ2n) is 4.97. The molecule has 1 rings (SSSR count). The molecule has 0 saturated heterocycles. The lowest BCUT2D eigenvalue weighted by Crippen LogP contribution is -2.36. The molecule has 2 unspecified atom stereocenters. The first kappa shape index (κ1) is 18.0. The van der Waals surface area contributed by atoms with Crippen molar-refractivity contribution in [3.05, 3.63) is 59.2 Å². The van der Waals surface area contributed by atoms with Gasteiger partial charge in [-0.05, 0) is 38.0 Å². The minimum Gasteiger partial charge on any atom is -0.386 e. The van der Waals surface area contributed by atoms with Crippen LogP contribution in [0.5, 0.6) is 0 Å². The molecule has 0 fully saturated rings. The van der Waals surface area contributed by atoms with Gasteiger partial charge in [-0.3, -0.25) is 4.79 Å². The van der Waals surface area contributed by atoms with Crippen molar-refractivity contribution in [2.75, 3.05) is 0 Å². The summed E-state index contributed by atoms with van der Waals surface area (Å²) in [5.74, 6) is -2.37. The standard InChI is InChI=1S/C17H21F2NO2/c1-4-12(5-2)6-9-16(21)20-11(3)17(22)13-7-8-14(18)15(19)10-13/h4,6-11,17,22H,5H2,1-3H3,(H,20,21). The third kappa shape index (κ3) is 5.07. The van der Waals surface area contributed by atoms with Gasteiger partial charge in [0, 0.05) is 6.08 Å². The van der Waals surface area contributed by atoms with Gasteiger partial charge >= 0.3 is 0 Å². The molecule has 0 aliphatic rings. The first-order chi connectivity index (χ1) is 10.4. The number of carbonyl (C=O) groups excluding carboxylic acids is 1. The van der Waals surface area contributed by atoms with Crippen molar-refractivity contribution in [2.24, 2.45) is 0 Å². The van der Waals surface area contributed by atoms with Crippen molar-refractivity contribution in [2.45, 2.75) is 39.3 Å². The summed E-state index contributed by atoms with van der Waals surface area (Å²) in [5.41, 5.74) is 1.22. The lowest BCUT2D eigenvalue weighted by molar-refractivity contribution is -0.117. The van der Waals surface area contributed by atoms with E-state index < -0.39 is 23.8 Å². The minimum absolute atomic E-state index is 0.207. The molecule has 0 bridgehead atoms. The predicted octanol–water partition coefficient (Wildman–Crippen LogP) is 3.42. The maximum Gasteiger partial charge on any atom is 0.244 e. The molecule has 0 heterocycles. The fraction of sp³-hybridized carbons (Fsp3) is 0.353. The highest BCUT2D eigenvalue weighted by Crippen LogP contribution is 2.19. The Morgan fingerprint density at radius 3 is 2.55 bits per heavy atom. The fourth-order valence-corrected chi connectivity index (χ4v) is 1.94. The van der Waals surface area contributed by atoms with E-state index in [0.29, 0.717) is 0 Å². The van der Waals surface area contributed by atoms with Gasteiger partial charge in [0.25, 0.3) is 0 Å². The van der Waals surface area contributed by atoms with Crippen LogP contribution in [-0.4, -0.2) is 17.1 Å². The number of allylic oxidation sites excluding steroid dienone is 3. The number of carbonyl (C=O) groups is 1. The van der Waals surface area contributed by atoms with Gasteiger partial charge in [0.2, 0.25) is 5.91 Å². The van der Waals surface area contributed by atoms with Crippen molar-refractivity contribution in [3.63, 3.8) is 0 Å². The van der Waals surface area contributed by atoms with Gasteiger partial charge in [-0.15, -0.1) is 0 Å². The number of hydrogen-bond acceptors (Lipinski definition) is 2. The highest BCUT2D eigenvalue weighted by atomic mass is 19.2. The zero-order chi connectivity index (χ0) is 16.7. The Hall–Kier alpha value is -2.01. The van der Waals surface area contributed by atoms with Gasteiger partial charge in [-0.2, -0.15) is 0 Å². The highest BCUT2D eigenvalue weighted by Gasteiger charge is 2.19. The monoisotopic (exact) mass is 309 g/mol. The topological polar surface area (TPSA) is 49.3 Å². The number of nitrogens with one attached hydrogen (secondary N) is 1. The number of aliphatic hydroxyl groups excluding tert-OH is 1. The molecule has 2 atom stereocenters. The second kappa shape index (κ2) is 8.44. The summed E-state index contributed by atoms with van der Waals surface area (Å²) in [4.78, 5) is 11.8. The van der Waals surface area contributed by atoms with Gasteiger partial charge < -0.3 is 10.4 Å². The highest BCUT2D eigenvalue weighted by molar-refractivity contribution is 5.88. The molecule has 0 radical (unpaired) electrons. The van der Waals surface area contributed by atoms with E-state index in [4.69, 9.17) is 0 Å². The predicted molar refractivity (Wildman–Crippen MR) is 82.1 cm³/mol. The van der Waals surface area contributed by atoms with Crippen LogP contribution in [-0.2, 0) is 4.79 Å². The zero-order valence-corrected chi connectivity index (χ0v) is 12.9. The molecule has 2 N–H and O–H groups in total. The Balaban J connectivity index is 2.69. The summed E-state index contributed by atoms with van der Waals surface area (Å²) in [5, 5.41) is 12.7. The summed E-state index contributed by atoms with van der Waals surface area (Å²) in [6.45, 7) is 5.46. The van der Waals surface area contributed by atoms with Crippen LogP contribution < -0.4 is 5.32 Å². The molecule has 0 aliphatic carbocycles. The maximum absolute atomic E-state index is 13.2. The van der Waals surface area contributed by atoms with E-state index in [1.807, 2.05) is 19.9 Å². The van der Waals surface area contributed by atoms with E-state index in [-0.39, 0.29) is 11.5 Å². The molecule has 0 aliphatic heterocycles. The summed E-state index contributed by atoms with van der Waals surface area (Å²) in [6, 6.07) is 2.52. The van der Waals surface area contributed by atoms with Crippen LogP contribution in [0.25, 0.3) is 0 Å². The summed E-state index contributed by atoms with van der Waals surface area (Å²) >= 11 is 0. The number of aliphatic hydroxyl groups is 1. The largest absolute Gasteiger partial charge is 0.386 e. The maximum atomic E-state index is 13.2. The van der Waals surface area contributed by atoms with Crippen LogP contribution in [0.4, 0.5) is 8.78 Å². The van der Waals surface area contributed by atoms with E-state index in [1.54, 1.807) is 13.0 Å². The Bertz CT molecular complexity index is 582. The second-order valence-corrected chi connectivity index (χ2v) is 4.97. The average molecular weight is 309 g/mol. The molecule has 1 aromatic carbocycles. The lowest BCUT2D eigenvalue weighted by Gasteiger charge is -2.20. The Labute approximate surface area is 129 Å². The van der Waals surface area contributed by atoms with Gasteiger partial charge in [0.1, 0.15) is 0 Å². The smallest absolute Gasteiger partial charge is 0.244 e. The van der Waals surface area contributed by atoms with E-state index in [9.17, 15) is 18.7 Å². The number of hydrogen-bond donors (Lipinski definition) is 2. The molecular formula is C17H21F2NO2. The first-order valence-electron chi connectivity index (χ1n) is 7.15. The fourth-order valence-electron chi connectivity index (χ4n) is 1.94. The van der Waals surface area contributed by atoms with Gasteiger partial charge in [0.15, 0.2) is 11.6 Å². The Morgan fingerprint density at radius 2 is 2.00 bits per heavy atom. The molecule has 0 saturated carbocycles. The summed E-state index contributed by atoms with van der Waals surface area (Å²) in [6.07, 6.45) is 4.68. The van der Waals surface area contributed by atoms with Gasteiger partial charge in [-0.25, -0.2) is 8.78 Å². The zero-order valence-electron chi connectivity index (χ0n) is 12.9. The van der Waals surface area contributed by atoms with Crippen molar-refractivity contribution in [1.82, 2.24) is 5.32 Å². The lowest BCUT2D eigenvalue weighted by atomic mass is 10.0. The van der Waals surface area contributed by atoms with Crippen molar-refractivity contribution in [1.29, 1.82) is 0 Å². The van der Waals surface area contributed by atoms with Gasteiger partial charge in [0.05, 0.1) is 12.1 Å². The molecule has 0 aromatic heterocycles. The molecule has 1 amide bonds. The molecule has 22 heavy (non-hydrogen) atoms. The molecule has 0 spiro atoms. The van der Waals surface area contributed by atoms with Crippen LogP contribution in [0.15, 0.2) is 42.0 Å². The number of amides is 1. The summed E-state index contributed by atoms with van der Waals surface area (Å²) in [7, 11) is 0. The normalized spacial score (nSPS) is 14.9. The summed E-state index contributed by atoms with van der Waals surface area (Å²) < 4.78 is 26.0. The third-order valence-electron chi connectivity index (χ3n) is 3.36. The quantitative estimate of drug-likeness (QED) is 0.625. The number of benzene rings is 1. The Kier molecular flexibility index (Phi) is 6.92. The molecule has 5 heteroatoms. The third-order valence-corrected chi connectivity index (χ3v) is 3.36. The Morgan fingerprint density at radius 1 is 1.32 bits per heavy atom. The average Bonchev–Trinajstić information content (AvgIpc) is 2.50. The molecule has 3 nitrogen and oxygen atoms in total. The van der Waals surface area contributed by atoms with Crippen LogP contribution in [0.2, 0.25) is 0 Å². The molecule has 1 aromatic rings. The van der Waals surface area contributed by atoms with Crippen LogP contribution >= 0.6 is 0 Å².